The zero-order valence-corrected chi connectivity index (χ0v) is 20.1. The summed E-state index contributed by atoms with van der Waals surface area (Å²) in [5, 5.41) is 0.727. The van der Waals surface area contributed by atoms with Crippen LogP contribution in [0.3, 0.4) is 0 Å². The number of imidazole rings is 1. The van der Waals surface area contributed by atoms with E-state index in [1.54, 1.807) is 11.9 Å². The van der Waals surface area contributed by atoms with Gasteiger partial charge in [0.2, 0.25) is 5.91 Å². The predicted molar refractivity (Wildman–Crippen MR) is 129 cm³/mol. The highest BCUT2D eigenvalue weighted by molar-refractivity contribution is 7.99. The van der Waals surface area contributed by atoms with Crippen molar-refractivity contribution in [3.63, 3.8) is 0 Å². The van der Waals surface area contributed by atoms with Gasteiger partial charge in [-0.05, 0) is 49.6 Å². The molecule has 0 saturated carbocycles. The first-order valence-corrected chi connectivity index (χ1v) is 13.4. The molecule has 1 saturated heterocycles. The molecule has 1 aromatic heterocycles. The molecule has 1 fully saturated rings. The predicted octanol–water partition coefficient (Wildman–Crippen LogP) is 3.89. The van der Waals surface area contributed by atoms with Gasteiger partial charge in [-0.3, -0.25) is 9.36 Å². The molecular weight excluding hydrogens is 442 g/mol. The molecule has 1 unspecified atom stereocenters. The number of thioether (sulfide) groups is 1. The first kappa shape index (κ1) is 22.6. The summed E-state index contributed by atoms with van der Waals surface area (Å²) in [4.78, 5) is 19.2. The number of hydrogen-bond donors (Lipinski definition) is 0. The van der Waals surface area contributed by atoms with Gasteiger partial charge in [0.25, 0.3) is 0 Å². The molecule has 0 radical (unpaired) electrons. The number of hydrogen-bond acceptors (Lipinski definition) is 5. The first-order chi connectivity index (χ1) is 15.2. The second-order valence-corrected chi connectivity index (χ2v) is 11.4. The van der Waals surface area contributed by atoms with Crippen LogP contribution in [-0.4, -0.2) is 59.1 Å². The van der Waals surface area contributed by atoms with E-state index in [1.807, 2.05) is 41.1 Å². The lowest BCUT2D eigenvalue weighted by Gasteiger charge is -2.23. The largest absolute Gasteiger partial charge is 0.341 e. The zero-order valence-electron chi connectivity index (χ0n) is 18.5. The van der Waals surface area contributed by atoms with Gasteiger partial charge in [0, 0.05) is 30.5 Å². The highest BCUT2D eigenvalue weighted by Gasteiger charge is 2.32. The van der Waals surface area contributed by atoms with E-state index < -0.39 is 9.84 Å². The maximum atomic E-state index is 12.8. The van der Waals surface area contributed by atoms with Crippen LogP contribution in [0, 0.1) is 13.8 Å². The summed E-state index contributed by atoms with van der Waals surface area (Å²) in [6.07, 6.45) is 2.50. The molecule has 6 nitrogen and oxygen atoms in total. The molecule has 32 heavy (non-hydrogen) atoms. The van der Waals surface area contributed by atoms with Crippen molar-refractivity contribution >= 4 is 27.5 Å². The maximum absolute atomic E-state index is 12.8. The summed E-state index contributed by atoms with van der Waals surface area (Å²) in [7, 11) is -1.34. The third-order valence-corrected chi connectivity index (χ3v) is 8.67. The van der Waals surface area contributed by atoms with Crippen molar-refractivity contribution < 1.29 is 13.2 Å². The van der Waals surface area contributed by atoms with Gasteiger partial charge >= 0.3 is 0 Å². The molecule has 0 spiro atoms. The molecule has 1 aliphatic heterocycles. The van der Waals surface area contributed by atoms with Crippen LogP contribution in [0.4, 0.5) is 0 Å². The van der Waals surface area contributed by atoms with Crippen LogP contribution in [-0.2, 0) is 14.6 Å². The van der Waals surface area contributed by atoms with E-state index in [9.17, 15) is 13.2 Å². The molecule has 0 N–H and O–H groups in total. The molecule has 168 valence electrons. The molecule has 0 aliphatic carbocycles. The lowest BCUT2D eigenvalue weighted by molar-refractivity contribution is -0.128. The van der Waals surface area contributed by atoms with Crippen molar-refractivity contribution in [1.29, 1.82) is 0 Å². The van der Waals surface area contributed by atoms with Gasteiger partial charge in [0.1, 0.15) is 0 Å². The van der Waals surface area contributed by atoms with E-state index in [2.05, 4.69) is 32.0 Å². The van der Waals surface area contributed by atoms with Crippen molar-refractivity contribution in [3.05, 3.63) is 65.9 Å². The van der Waals surface area contributed by atoms with Crippen LogP contribution in [0.15, 0.2) is 59.9 Å². The summed E-state index contributed by atoms with van der Waals surface area (Å²) < 4.78 is 25.6. The Morgan fingerprint density at radius 3 is 2.56 bits per heavy atom. The SMILES string of the molecule is Cc1ccc(-c2cn(-c3ccccc3)c(SCC(=O)N(C)C3CCS(=O)(=O)C3)n2)cc1C. The fourth-order valence-electron chi connectivity index (χ4n) is 3.79. The third kappa shape index (κ3) is 4.91. The van der Waals surface area contributed by atoms with Crippen LogP contribution in [0.25, 0.3) is 16.9 Å². The number of carbonyl (C=O) groups excluding carboxylic acids is 1. The molecule has 1 atom stereocenters. The number of benzene rings is 2. The van der Waals surface area contributed by atoms with E-state index in [0.717, 1.165) is 22.1 Å². The van der Waals surface area contributed by atoms with Crippen molar-refractivity contribution in [2.75, 3.05) is 24.3 Å². The highest BCUT2D eigenvalue weighted by Crippen LogP contribution is 2.29. The average molecular weight is 470 g/mol. The second-order valence-electron chi connectivity index (χ2n) is 8.26. The molecule has 1 aliphatic rings. The minimum absolute atomic E-state index is 0.0511. The standard InChI is InChI=1S/C24H27N3O3S2/c1-17-9-10-19(13-18(17)2)22-14-27(20-7-5-4-6-8-20)24(25-22)31-15-23(28)26(3)21-11-12-32(29,30)16-21/h4-10,13-14,21H,11-12,15-16H2,1-3H3. The van der Waals surface area contributed by atoms with Gasteiger partial charge in [-0.1, -0.05) is 42.1 Å². The topological polar surface area (TPSA) is 72.3 Å². The minimum Gasteiger partial charge on any atom is -0.341 e. The van der Waals surface area contributed by atoms with E-state index in [1.165, 1.54) is 22.9 Å². The number of rotatable bonds is 6. The Bertz CT molecular complexity index is 1240. The van der Waals surface area contributed by atoms with Crippen molar-refractivity contribution in [3.8, 4) is 16.9 Å². The highest BCUT2D eigenvalue weighted by atomic mass is 32.2. The second kappa shape index (κ2) is 9.11. The number of aryl methyl sites for hydroxylation is 2. The lowest BCUT2D eigenvalue weighted by atomic mass is 10.0. The molecule has 1 amide bonds. The van der Waals surface area contributed by atoms with Crippen LogP contribution >= 0.6 is 11.8 Å². The van der Waals surface area contributed by atoms with Gasteiger partial charge < -0.3 is 4.90 Å². The van der Waals surface area contributed by atoms with Crippen molar-refractivity contribution in [2.45, 2.75) is 31.5 Å². The summed E-state index contributed by atoms with van der Waals surface area (Å²) in [5.41, 5.74) is 5.29. The Morgan fingerprint density at radius 1 is 1.16 bits per heavy atom. The zero-order chi connectivity index (χ0) is 22.9. The molecule has 2 aromatic carbocycles. The minimum atomic E-state index is -3.03. The Morgan fingerprint density at radius 2 is 1.91 bits per heavy atom. The average Bonchev–Trinajstić information content (AvgIpc) is 3.37. The molecular formula is C24H27N3O3S2. The molecule has 4 rings (SSSR count). The number of para-hydroxylation sites is 1. The van der Waals surface area contributed by atoms with Gasteiger partial charge in [-0.15, -0.1) is 0 Å². The molecule has 8 heteroatoms. The van der Waals surface area contributed by atoms with Crippen molar-refractivity contribution in [1.82, 2.24) is 14.5 Å². The van der Waals surface area contributed by atoms with Gasteiger partial charge in [-0.2, -0.15) is 0 Å². The number of amides is 1. The Kier molecular flexibility index (Phi) is 6.44. The van der Waals surface area contributed by atoms with E-state index in [-0.39, 0.29) is 29.2 Å². The Balaban J connectivity index is 1.57. The summed E-state index contributed by atoms with van der Waals surface area (Å²) in [5.74, 6) is 0.311. The van der Waals surface area contributed by atoms with Crippen LogP contribution in [0.5, 0.6) is 0 Å². The van der Waals surface area contributed by atoms with Crippen LogP contribution < -0.4 is 0 Å². The van der Waals surface area contributed by atoms with Gasteiger partial charge in [-0.25, -0.2) is 13.4 Å². The summed E-state index contributed by atoms with van der Waals surface area (Å²) in [6, 6.07) is 16.0. The van der Waals surface area contributed by atoms with Crippen LogP contribution in [0.1, 0.15) is 17.5 Å². The fraction of sp³-hybridized carbons (Fsp3) is 0.333. The first-order valence-electron chi connectivity index (χ1n) is 10.5. The molecule has 3 aromatic rings. The van der Waals surface area contributed by atoms with E-state index in [4.69, 9.17) is 4.98 Å². The van der Waals surface area contributed by atoms with E-state index >= 15 is 0 Å². The smallest absolute Gasteiger partial charge is 0.233 e. The molecule has 0 bridgehead atoms. The summed E-state index contributed by atoms with van der Waals surface area (Å²) in [6.45, 7) is 4.17. The number of nitrogens with zero attached hydrogens (tertiary/aromatic N) is 3. The third-order valence-electron chi connectivity index (χ3n) is 5.98. The number of aromatic nitrogens is 2. The fourth-order valence-corrected chi connectivity index (χ4v) is 6.48. The monoisotopic (exact) mass is 469 g/mol. The molecule has 2 heterocycles. The summed E-state index contributed by atoms with van der Waals surface area (Å²) >= 11 is 1.37. The Hall–Kier alpha value is -2.58. The number of carbonyl (C=O) groups is 1. The lowest BCUT2D eigenvalue weighted by Crippen LogP contribution is -2.38. The van der Waals surface area contributed by atoms with Gasteiger partial charge in [0.15, 0.2) is 15.0 Å². The normalized spacial score (nSPS) is 17.4. The van der Waals surface area contributed by atoms with E-state index in [0.29, 0.717) is 6.42 Å². The van der Waals surface area contributed by atoms with Crippen LogP contribution in [0.2, 0.25) is 0 Å². The number of sulfone groups is 1. The maximum Gasteiger partial charge on any atom is 0.233 e. The van der Waals surface area contributed by atoms with Gasteiger partial charge in [0.05, 0.1) is 23.0 Å². The Labute approximate surface area is 193 Å². The van der Waals surface area contributed by atoms with Crippen molar-refractivity contribution in [2.24, 2.45) is 0 Å². The quantitative estimate of drug-likeness (QED) is 0.512.